The van der Waals surface area contributed by atoms with Gasteiger partial charge in [0, 0.05) is 49.8 Å². The van der Waals surface area contributed by atoms with E-state index in [4.69, 9.17) is 4.74 Å². The Morgan fingerprint density at radius 3 is 3.00 bits per heavy atom. The summed E-state index contributed by atoms with van der Waals surface area (Å²) >= 11 is 0. The summed E-state index contributed by atoms with van der Waals surface area (Å²) in [6.07, 6.45) is 2.50. The predicted octanol–water partition coefficient (Wildman–Crippen LogP) is 1.31. The number of fused-ring (bicyclic) bond motifs is 1. The van der Waals surface area contributed by atoms with Gasteiger partial charge in [0.2, 0.25) is 5.91 Å². The minimum absolute atomic E-state index is 0.292. The van der Waals surface area contributed by atoms with E-state index in [0.29, 0.717) is 23.9 Å². The van der Waals surface area contributed by atoms with Crippen LogP contribution in [0.5, 0.6) is 5.75 Å². The molecular weight excluding hydrogens is 268 g/mol. The second-order valence-electron chi connectivity index (χ2n) is 5.70. The summed E-state index contributed by atoms with van der Waals surface area (Å²) in [4.78, 5) is 27.0. The lowest BCUT2D eigenvalue weighted by molar-refractivity contribution is -0.130. The smallest absolute Gasteiger partial charge is 0.222 e. The number of benzene rings is 1. The summed E-state index contributed by atoms with van der Waals surface area (Å²) in [5.41, 5.74) is 1.69. The number of nitrogens with zero attached hydrogens (tertiary/aromatic N) is 2. The Bertz CT molecular complexity index is 558. The zero-order valence-corrected chi connectivity index (χ0v) is 12.2. The van der Waals surface area contributed by atoms with Crippen LogP contribution in [0.25, 0.3) is 0 Å². The van der Waals surface area contributed by atoms with Crippen LogP contribution in [0.2, 0.25) is 0 Å². The number of ether oxygens (including phenoxy) is 1. The first-order chi connectivity index (χ1) is 10.2. The van der Waals surface area contributed by atoms with Crippen molar-refractivity contribution in [2.75, 3.05) is 26.7 Å². The summed E-state index contributed by atoms with van der Waals surface area (Å²) in [5.74, 6) is 1.10. The Labute approximate surface area is 124 Å². The second-order valence-corrected chi connectivity index (χ2v) is 5.70. The zero-order chi connectivity index (χ0) is 14.8. The van der Waals surface area contributed by atoms with E-state index in [9.17, 15) is 9.59 Å². The van der Waals surface area contributed by atoms with Gasteiger partial charge in [-0.05, 0) is 24.6 Å². The van der Waals surface area contributed by atoms with E-state index in [1.165, 1.54) is 0 Å². The van der Waals surface area contributed by atoms with Gasteiger partial charge >= 0.3 is 0 Å². The molecule has 0 spiro atoms. The molecule has 2 fully saturated rings. The minimum Gasteiger partial charge on any atom is -0.496 e. The molecule has 2 aliphatic heterocycles. The van der Waals surface area contributed by atoms with Crippen LogP contribution in [0.3, 0.4) is 0 Å². The second kappa shape index (κ2) is 5.85. The quantitative estimate of drug-likeness (QED) is 0.784. The lowest BCUT2D eigenvalue weighted by atomic mass is 10.1. The van der Waals surface area contributed by atoms with Gasteiger partial charge in [0.15, 0.2) is 0 Å². The molecule has 5 heteroatoms. The Balaban J connectivity index is 1.72. The highest BCUT2D eigenvalue weighted by Gasteiger charge is 2.35. The fourth-order valence-corrected chi connectivity index (χ4v) is 3.31. The summed E-state index contributed by atoms with van der Waals surface area (Å²) < 4.78 is 5.38. The Morgan fingerprint density at radius 2 is 2.24 bits per heavy atom. The molecule has 1 aromatic rings. The number of carbonyl (C=O) groups excluding carboxylic acids is 2. The van der Waals surface area contributed by atoms with E-state index in [1.54, 1.807) is 13.2 Å². The summed E-state index contributed by atoms with van der Waals surface area (Å²) in [5, 5.41) is 0. The summed E-state index contributed by atoms with van der Waals surface area (Å²) in [6, 6.07) is 5.85. The molecule has 112 valence electrons. The van der Waals surface area contributed by atoms with E-state index in [0.717, 1.165) is 50.2 Å². The van der Waals surface area contributed by atoms with Crippen LogP contribution in [0, 0.1) is 0 Å². The molecule has 2 heterocycles. The van der Waals surface area contributed by atoms with E-state index in [-0.39, 0.29) is 0 Å². The van der Waals surface area contributed by atoms with Gasteiger partial charge in [-0.25, -0.2) is 0 Å². The SMILES string of the molecule is COc1ccc(C=O)cc1CN1CCN2C(=O)CCC2C1. The molecule has 1 unspecified atom stereocenters. The molecule has 1 aromatic carbocycles. The highest BCUT2D eigenvalue weighted by Crippen LogP contribution is 2.26. The lowest BCUT2D eigenvalue weighted by Crippen LogP contribution is -2.50. The maximum Gasteiger partial charge on any atom is 0.222 e. The average Bonchev–Trinajstić information content (AvgIpc) is 2.88. The van der Waals surface area contributed by atoms with Gasteiger partial charge in [0.05, 0.1) is 7.11 Å². The van der Waals surface area contributed by atoms with Gasteiger partial charge in [-0.15, -0.1) is 0 Å². The van der Waals surface area contributed by atoms with Gasteiger partial charge < -0.3 is 9.64 Å². The molecule has 21 heavy (non-hydrogen) atoms. The van der Waals surface area contributed by atoms with Crippen LogP contribution in [0.1, 0.15) is 28.8 Å². The number of carbonyl (C=O) groups is 2. The van der Waals surface area contributed by atoms with Crippen molar-refractivity contribution in [3.05, 3.63) is 29.3 Å². The maximum absolute atomic E-state index is 11.7. The Hall–Kier alpha value is -1.88. The number of methoxy groups -OCH3 is 1. The number of piperazine rings is 1. The fraction of sp³-hybridized carbons (Fsp3) is 0.500. The van der Waals surface area contributed by atoms with Gasteiger partial charge in [-0.1, -0.05) is 0 Å². The van der Waals surface area contributed by atoms with Gasteiger partial charge in [0.1, 0.15) is 12.0 Å². The first-order valence-corrected chi connectivity index (χ1v) is 7.35. The van der Waals surface area contributed by atoms with E-state index < -0.39 is 0 Å². The molecule has 0 aromatic heterocycles. The Morgan fingerprint density at radius 1 is 1.38 bits per heavy atom. The third kappa shape index (κ3) is 2.78. The molecule has 2 saturated heterocycles. The molecule has 0 aliphatic carbocycles. The zero-order valence-electron chi connectivity index (χ0n) is 12.2. The Kier molecular flexibility index (Phi) is 3.92. The van der Waals surface area contributed by atoms with Crippen molar-refractivity contribution in [2.24, 2.45) is 0 Å². The third-order valence-electron chi connectivity index (χ3n) is 4.41. The third-order valence-corrected chi connectivity index (χ3v) is 4.41. The van der Waals surface area contributed by atoms with Crippen LogP contribution < -0.4 is 4.74 Å². The van der Waals surface area contributed by atoms with E-state index in [2.05, 4.69) is 4.90 Å². The molecule has 2 aliphatic rings. The highest BCUT2D eigenvalue weighted by molar-refractivity contribution is 5.79. The van der Waals surface area contributed by atoms with Crippen molar-refractivity contribution < 1.29 is 14.3 Å². The van der Waals surface area contributed by atoms with Crippen molar-refractivity contribution in [3.8, 4) is 5.75 Å². The van der Waals surface area contributed by atoms with E-state index >= 15 is 0 Å². The monoisotopic (exact) mass is 288 g/mol. The minimum atomic E-state index is 0.292. The van der Waals surface area contributed by atoms with Gasteiger partial charge in [-0.3, -0.25) is 14.5 Å². The fourth-order valence-electron chi connectivity index (χ4n) is 3.31. The molecular formula is C16H20N2O3. The normalized spacial score (nSPS) is 22.2. The molecule has 1 atom stereocenters. The van der Waals surface area contributed by atoms with Crippen LogP contribution in [0.4, 0.5) is 0 Å². The predicted molar refractivity (Wildman–Crippen MR) is 78.4 cm³/mol. The molecule has 5 nitrogen and oxygen atoms in total. The van der Waals surface area contributed by atoms with Crippen LogP contribution in [0.15, 0.2) is 18.2 Å². The van der Waals surface area contributed by atoms with Crippen molar-refractivity contribution in [3.63, 3.8) is 0 Å². The van der Waals surface area contributed by atoms with Crippen LogP contribution in [-0.2, 0) is 11.3 Å². The van der Waals surface area contributed by atoms with Crippen molar-refractivity contribution in [1.29, 1.82) is 0 Å². The number of aldehydes is 1. The first-order valence-electron chi connectivity index (χ1n) is 7.35. The molecule has 1 amide bonds. The highest BCUT2D eigenvalue weighted by atomic mass is 16.5. The van der Waals surface area contributed by atoms with Crippen molar-refractivity contribution in [1.82, 2.24) is 9.80 Å². The molecule has 0 bridgehead atoms. The lowest BCUT2D eigenvalue weighted by Gasteiger charge is -2.37. The van der Waals surface area contributed by atoms with Gasteiger partial charge in [0.25, 0.3) is 0 Å². The number of hydrogen-bond donors (Lipinski definition) is 0. The summed E-state index contributed by atoms with van der Waals surface area (Å²) in [7, 11) is 1.65. The first kappa shape index (κ1) is 14.1. The number of rotatable bonds is 4. The largest absolute Gasteiger partial charge is 0.496 e. The average molecular weight is 288 g/mol. The molecule has 0 radical (unpaired) electrons. The standard InChI is InChI=1S/C16H20N2O3/c1-21-15-4-2-12(11-19)8-13(15)9-17-6-7-18-14(10-17)3-5-16(18)20/h2,4,8,11,14H,3,5-7,9-10H2,1H3. The van der Waals surface area contributed by atoms with Crippen molar-refractivity contribution in [2.45, 2.75) is 25.4 Å². The van der Waals surface area contributed by atoms with Crippen LogP contribution >= 0.6 is 0 Å². The molecule has 3 rings (SSSR count). The van der Waals surface area contributed by atoms with Crippen LogP contribution in [-0.4, -0.2) is 54.8 Å². The van der Waals surface area contributed by atoms with Crippen molar-refractivity contribution >= 4 is 12.2 Å². The molecule has 0 saturated carbocycles. The molecule has 0 N–H and O–H groups in total. The summed E-state index contributed by atoms with van der Waals surface area (Å²) in [6.45, 7) is 3.33. The number of amides is 1. The maximum atomic E-state index is 11.7. The topological polar surface area (TPSA) is 49.9 Å². The van der Waals surface area contributed by atoms with Gasteiger partial charge in [-0.2, -0.15) is 0 Å². The van der Waals surface area contributed by atoms with E-state index in [1.807, 2.05) is 17.0 Å². The number of hydrogen-bond acceptors (Lipinski definition) is 4.